The van der Waals surface area contributed by atoms with Gasteiger partial charge in [0.2, 0.25) is 0 Å². The van der Waals surface area contributed by atoms with E-state index >= 15 is 0 Å². The van der Waals surface area contributed by atoms with Gasteiger partial charge in [0, 0.05) is 13.1 Å². The number of nitrogens with zero attached hydrogens (tertiary/aromatic N) is 3. The van der Waals surface area contributed by atoms with E-state index in [1.165, 1.54) is 15.9 Å². The molecule has 0 aliphatic carbocycles. The van der Waals surface area contributed by atoms with Crippen molar-refractivity contribution in [2.24, 2.45) is 0 Å². The molecule has 0 aliphatic heterocycles. The molecule has 0 fully saturated rings. The van der Waals surface area contributed by atoms with Gasteiger partial charge in [0.05, 0.1) is 22.5 Å². The summed E-state index contributed by atoms with van der Waals surface area (Å²) in [5, 5.41) is 0.425. The van der Waals surface area contributed by atoms with Crippen LogP contribution in [0.2, 0.25) is 0 Å². The van der Waals surface area contributed by atoms with Crippen LogP contribution in [0.4, 0.5) is 0 Å². The minimum atomic E-state index is -0.410. The molecule has 176 valence electrons. The van der Waals surface area contributed by atoms with Gasteiger partial charge in [-0.15, -0.1) is 11.3 Å². The van der Waals surface area contributed by atoms with Crippen LogP contribution in [0, 0.1) is 20.8 Å². The highest BCUT2D eigenvalue weighted by molar-refractivity contribution is 7.20. The van der Waals surface area contributed by atoms with Gasteiger partial charge in [-0.25, -0.2) is 9.36 Å². The number of benzene rings is 2. The van der Waals surface area contributed by atoms with Crippen LogP contribution in [0.5, 0.6) is 0 Å². The Balaban J connectivity index is 2.07. The van der Waals surface area contributed by atoms with Crippen molar-refractivity contribution in [3.05, 3.63) is 96.5 Å². The van der Waals surface area contributed by atoms with Gasteiger partial charge in [-0.3, -0.25) is 14.2 Å². The zero-order chi connectivity index (χ0) is 24.6. The molecule has 4 aromatic rings. The topological polar surface area (TPSA) is 64.3 Å². The summed E-state index contributed by atoms with van der Waals surface area (Å²) in [4.78, 5) is 43.5. The summed E-state index contributed by atoms with van der Waals surface area (Å²) < 4.78 is 2.86. The molecule has 0 saturated carbocycles. The Morgan fingerprint density at radius 1 is 0.971 bits per heavy atom. The van der Waals surface area contributed by atoms with Gasteiger partial charge in [0.25, 0.3) is 11.5 Å². The second-order valence-corrected chi connectivity index (χ2v) is 9.49. The summed E-state index contributed by atoms with van der Waals surface area (Å²) in [5.41, 5.74) is 3.50. The maximum Gasteiger partial charge on any atom is 0.337 e. The summed E-state index contributed by atoms with van der Waals surface area (Å²) >= 11 is 1.24. The third-order valence-corrected chi connectivity index (χ3v) is 7.61. The summed E-state index contributed by atoms with van der Waals surface area (Å²) in [7, 11) is 0. The third-order valence-electron chi connectivity index (χ3n) is 6.30. The van der Waals surface area contributed by atoms with Crippen molar-refractivity contribution in [3.63, 3.8) is 0 Å². The normalized spacial score (nSPS) is 11.2. The predicted octanol–water partition coefficient (Wildman–Crippen LogP) is 4.67. The van der Waals surface area contributed by atoms with E-state index in [1.54, 1.807) is 40.7 Å². The van der Waals surface area contributed by atoms with Gasteiger partial charge in [-0.1, -0.05) is 42.0 Å². The van der Waals surface area contributed by atoms with E-state index in [4.69, 9.17) is 0 Å². The Morgan fingerprint density at radius 3 is 2.29 bits per heavy atom. The van der Waals surface area contributed by atoms with Gasteiger partial charge < -0.3 is 4.90 Å². The zero-order valence-electron chi connectivity index (χ0n) is 20.2. The second kappa shape index (κ2) is 9.43. The Hall–Kier alpha value is -3.45. The molecule has 2 aromatic carbocycles. The number of aryl methyl sites for hydroxylation is 3. The highest BCUT2D eigenvalue weighted by atomic mass is 32.1. The number of para-hydroxylation sites is 1. The van der Waals surface area contributed by atoms with Gasteiger partial charge in [0.1, 0.15) is 4.83 Å². The maximum atomic E-state index is 13.8. The number of carbonyl (C=O) groups is 1. The van der Waals surface area contributed by atoms with Crippen LogP contribution in [0.15, 0.2) is 58.1 Å². The molecule has 0 bridgehead atoms. The smallest absolute Gasteiger partial charge is 0.337 e. The first-order valence-electron chi connectivity index (χ1n) is 11.5. The van der Waals surface area contributed by atoms with Gasteiger partial charge in [-0.05, 0) is 63.4 Å². The number of thiophene rings is 1. The lowest BCUT2D eigenvalue weighted by Gasteiger charge is -2.17. The van der Waals surface area contributed by atoms with Crippen LogP contribution >= 0.6 is 11.3 Å². The number of aromatic nitrogens is 2. The number of rotatable bonds is 6. The summed E-state index contributed by atoms with van der Waals surface area (Å²) in [5.74, 6) is -0.111. The molecular formula is C27H29N3O3S. The summed E-state index contributed by atoms with van der Waals surface area (Å²) in [6.07, 6.45) is 0. The van der Waals surface area contributed by atoms with E-state index in [1.807, 2.05) is 45.9 Å². The molecule has 0 radical (unpaired) electrons. The number of carbonyl (C=O) groups excluding carboxylic acids is 1. The van der Waals surface area contributed by atoms with Crippen molar-refractivity contribution in [2.75, 3.05) is 13.1 Å². The van der Waals surface area contributed by atoms with Crippen molar-refractivity contribution in [1.82, 2.24) is 14.0 Å². The number of amides is 1. The average Bonchev–Trinajstić information content (AvgIpc) is 3.17. The fraction of sp³-hybridized carbons (Fsp3) is 0.296. The number of hydrogen-bond acceptors (Lipinski definition) is 4. The number of fused-ring (bicyclic) bond motifs is 1. The van der Waals surface area contributed by atoms with Crippen molar-refractivity contribution in [1.29, 1.82) is 0 Å². The average molecular weight is 476 g/mol. The van der Waals surface area contributed by atoms with E-state index in [2.05, 4.69) is 6.07 Å². The number of hydrogen-bond donors (Lipinski definition) is 0. The van der Waals surface area contributed by atoms with Crippen molar-refractivity contribution < 1.29 is 4.79 Å². The van der Waals surface area contributed by atoms with Crippen LogP contribution in [0.25, 0.3) is 15.9 Å². The van der Waals surface area contributed by atoms with E-state index in [9.17, 15) is 14.4 Å². The fourth-order valence-electron chi connectivity index (χ4n) is 4.29. The zero-order valence-corrected chi connectivity index (χ0v) is 21.0. The molecule has 0 aliphatic rings. The van der Waals surface area contributed by atoms with E-state index in [-0.39, 0.29) is 5.91 Å². The second-order valence-electron chi connectivity index (χ2n) is 8.49. The first kappa shape index (κ1) is 23.7. The molecule has 7 heteroatoms. The van der Waals surface area contributed by atoms with Crippen molar-refractivity contribution in [3.8, 4) is 5.69 Å². The molecule has 0 unspecified atom stereocenters. The minimum absolute atomic E-state index is 0.111. The molecule has 4 rings (SSSR count). The molecular weight excluding hydrogens is 446 g/mol. The quantitative estimate of drug-likeness (QED) is 0.407. The Labute approximate surface area is 202 Å². The summed E-state index contributed by atoms with van der Waals surface area (Å²) in [6, 6.07) is 15.1. The molecule has 0 saturated heterocycles. The lowest BCUT2D eigenvalue weighted by molar-refractivity contribution is 0.0777. The lowest BCUT2D eigenvalue weighted by Crippen LogP contribution is -2.39. The SMILES string of the molecule is CCN(CC)C(=O)c1sc2c(c1C)c(=O)n(-c1ccccc1)c(=O)n2Cc1cc(C)ccc1C. The minimum Gasteiger partial charge on any atom is -0.338 e. The fourth-order valence-corrected chi connectivity index (χ4v) is 5.55. The molecule has 2 heterocycles. The standard InChI is InChI=1S/C27H29N3O3S/c1-6-28(7-2)25(32)23-19(5)22-24(31)30(21-11-9-8-10-12-21)27(33)29(26(22)34-23)16-20-15-17(3)13-14-18(20)4/h8-15H,6-7,16H2,1-5H3. The van der Waals surface area contributed by atoms with Gasteiger partial charge >= 0.3 is 5.69 Å². The lowest BCUT2D eigenvalue weighted by atomic mass is 10.1. The van der Waals surface area contributed by atoms with Crippen LogP contribution in [-0.2, 0) is 6.54 Å². The Kier molecular flexibility index (Phi) is 6.57. The molecule has 0 atom stereocenters. The third kappa shape index (κ3) is 4.01. The van der Waals surface area contributed by atoms with Crippen LogP contribution in [0.1, 0.15) is 45.8 Å². The van der Waals surface area contributed by atoms with E-state index in [0.717, 1.165) is 16.7 Å². The molecule has 0 spiro atoms. The highest BCUT2D eigenvalue weighted by Gasteiger charge is 2.25. The Bertz CT molecular complexity index is 1490. The van der Waals surface area contributed by atoms with E-state index < -0.39 is 11.2 Å². The first-order chi connectivity index (χ1) is 16.3. The summed E-state index contributed by atoms with van der Waals surface area (Å²) in [6.45, 7) is 11.2. The molecule has 34 heavy (non-hydrogen) atoms. The van der Waals surface area contributed by atoms with Crippen LogP contribution in [-0.4, -0.2) is 33.0 Å². The molecule has 6 nitrogen and oxygen atoms in total. The van der Waals surface area contributed by atoms with Crippen LogP contribution < -0.4 is 11.2 Å². The predicted molar refractivity (Wildman–Crippen MR) is 139 cm³/mol. The van der Waals surface area contributed by atoms with Gasteiger partial charge in [0.15, 0.2) is 0 Å². The maximum absolute atomic E-state index is 13.8. The molecule has 2 aromatic heterocycles. The van der Waals surface area contributed by atoms with Crippen molar-refractivity contribution >= 4 is 27.5 Å². The highest BCUT2D eigenvalue weighted by Crippen LogP contribution is 2.30. The largest absolute Gasteiger partial charge is 0.338 e. The van der Waals surface area contributed by atoms with Crippen molar-refractivity contribution in [2.45, 2.75) is 41.2 Å². The molecule has 0 N–H and O–H groups in total. The van der Waals surface area contributed by atoms with Crippen LogP contribution in [0.3, 0.4) is 0 Å². The van der Waals surface area contributed by atoms with E-state index in [0.29, 0.717) is 46.0 Å². The monoisotopic (exact) mass is 475 g/mol. The Morgan fingerprint density at radius 2 is 1.65 bits per heavy atom. The molecule has 1 amide bonds. The first-order valence-corrected chi connectivity index (χ1v) is 12.3. The van der Waals surface area contributed by atoms with Gasteiger partial charge in [-0.2, -0.15) is 0 Å².